The zero-order chi connectivity index (χ0) is 12.3. The maximum atomic E-state index is 11.3. The zero-order valence-corrected chi connectivity index (χ0v) is 9.36. The smallest absolute Gasteiger partial charge is 0.315 e. The van der Waals surface area contributed by atoms with Crippen molar-refractivity contribution in [1.82, 2.24) is 0 Å². The molecule has 0 amide bonds. The fourth-order valence-corrected chi connectivity index (χ4v) is 2.57. The third-order valence-corrected chi connectivity index (χ3v) is 3.37. The van der Waals surface area contributed by atoms with Gasteiger partial charge in [0, 0.05) is 21.9 Å². The lowest BCUT2D eigenvalue weighted by Crippen LogP contribution is -2.00. The topological polar surface area (TPSA) is 52.6 Å². The Balaban J connectivity index is 2.05. The molecule has 4 rings (SSSR count). The Morgan fingerprint density at radius 1 is 0.722 bits per heavy atom. The molecule has 2 aliphatic rings. The summed E-state index contributed by atoms with van der Waals surface area (Å²) >= 11 is 0. The van der Waals surface area contributed by atoms with Gasteiger partial charge in [0.15, 0.2) is 0 Å². The molecule has 2 heterocycles. The van der Waals surface area contributed by atoms with Gasteiger partial charge in [0.05, 0.1) is 12.8 Å². The van der Waals surface area contributed by atoms with E-state index in [2.05, 4.69) is 0 Å². The molecule has 0 radical (unpaired) electrons. The average molecular weight is 240 g/mol. The van der Waals surface area contributed by atoms with Gasteiger partial charge in [0.2, 0.25) is 0 Å². The van der Waals surface area contributed by atoms with Crippen LogP contribution in [0.25, 0.3) is 10.8 Å². The molecule has 0 N–H and O–H groups in total. The summed E-state index contributed by atoms with van der Waals surface area (Å²) in [5.41, 5.74) is 1.77. The second-order valence-corrected chi connectivity index (χ2v) is 4.50. The SMILES string of the molecule is O=C1Cc2ccc3c4c(ccc3c2O1)CC(=O)O4. The maximum Gasteiger partial charge on any atom is 0.315 e. The number of hydrogen-bond donors (Lipinski definition) is 0. The quantitative estimate of drug-likeness (QED) is 0.520. The predicted molar refractivity (Wildman–Crippen MR) is 62.6 cm³/mol. The Kier molecular flexibility index (Phi) is 1.66. The fraction of sp³-hybridized carbons (Fsp3) is 0.143. The van der Waals surface area contributed by atoms with Crippen LogP contribution in [0.2, 0.25) is 0 Å². The largest absolute Gasteiger partial charge is 0.425 e. The number of fused-ring (bicyclic) bond motifs is 5. The molecule has 0 aromatic heterocycles. The molecule has 0 aliphatic carbocycles. The van der Waals surface area contributed by atoms with Crippen LogP contribution in [0, 0.1) is 0 Å². The summed E-state index contributed by atoms with van der Waals surface area (Å²) in [6.45, 7) is 0. The van der Waals surface area contributed by atoms with Gasteiger partial charge in [-0.2, -0.15) is 0 Å². The maximum absolute atomic E-state index is 11.3. The highest BCUT2D eigenvalue weighted by Gasteiger charge is 2.27. The van der Waals surface area contributed by atoms with E-state index < -0.39 is 0 Å². The van der Waals surface area contributed by atoms with Crippen molar-refractivity contribution in [3.63, 3.8) is 0 Å². The summed E-state index contributed by atoms with van der Waals surface area (Å²) in [5.74, 6) is 0.719. The van der Waals surface area contributed by atoms with Gasteiger partial charge < -0.3 is 9.47 Å². The normalized spacial score (nSPS) is 16.4. The summed E-state index contributed by atoms with van der Waals surface area (Å²) < 4.78 is 10.5. The van der Waals surface area contributed by atoms with E-state index in [1.165, 1.54) is 0 Å². The third-order valence-electron chi connectivity index (χ3n) is 3.37. The van der Waals surface area contributed by atoms with Crippen LogP contribution < -0.4 is 9.47 Å². The standard InChI is InChI=1S/C14H8O4/c15-11-5-7-1-3-9-10(13(7)17-11)4-2-8-6-12(16)18-14(8)9/h1-4H,5-6H2. The molecule has 0 fully saturated rings. The molecule has 2 aromatic carbocycles. The van der Waals surface area contributed by atoms with Crippen LogP contribution in [-0.4, -0.2) is 11.9 Å². The van der Waals surface area contributed by atoms with Gasteiger partial charge in [-0.25, -0.2) is 0 Å². The Hall–Kier alpha value is -2.36. The van der Waals surface area contributed by atoms with E-state index in [1.54, 1.807) is 0 Å². The minimum absolute atomic E-state index is 0.241. The highest BCUT2D eigenvalue weighted by Crippen LogP contribution is 2.41. The summed E-state index contributed by atoms with van der Waals surface area (Å²) in [7, 11) is 0. The number of benzene rings is 2. The molecule has 0 atom stereocenters. The summed E-state index contributed by atoms with van der Waals surface area (Å²) in [5, 5.41) is 1.65. The first-order valence-corrected chi connectivity index (χ1v) is 5.71. The first-order valence-electron chi connectivity index (χ1n) is 5.71. The van der Waals surface area contributed by atoms with E-state index in [0.717, 1.165) is 21.9 Å². The van der Waals surface area contributed by atoms with E-state index in [4.69, 9.17) is 9.47 Å². The second kappa shape index (κ2) is 3.10. The Bertz CT molecular complexity index is 667. The number of carbonyl (C=O) groups excluding carboxylic acids is 2. The molecule has 2 aliphatic heterocycles. The first kappa shape index (κ1) is 9.65. The molecular weight excluding hydrogens is 232 g/mol. The van der Waals surface area contributed by atoms with Gasteiger partial charge in [-0.3, -0.25) is 9.59 Å². The minimum atomic E-state index is -0.241. The van der Waals surface area contributed by atoms with Gasteiger partial charge in [0.1, 0.15) is 11.5 Å². The summed E-state index contributed by atoms with van der Waals surface area (Å²) in [6, 6.07) is 7.48. The molecular formula is C14H8O4. The Morgan fingerprint density at radius 3 is 1.61 bits per heavy atom. The van der Waals surface area contributed by atoms with Gasteiger partial charge in [0.25, 0.3) is 0 Å². The highest BCUT2D eigenvalue weighted by molar-refractivity contribution is 6.02. The third kappa shape index (κ3) is 1.14. The van der Waals surface area contributed by atoms with Crippen LogP contribution >= 0.6 is 0 Å². The summed E-state index contributed by atoms with van der Waals surface area (Å²) in [6.07, 6.45) is 0.615. The highest BCUT2D eigenvalue weighted by atomic mass is 16.5. The van der Waals surface area contributed by atoms with Gasteiger partial charge in [-0.05, 0) is 0 Å². The number of hydrogen-bond acceptors (Lipinski definition) is 4. The number of carbonyl (C=O) groups is 2. The molecule has 4 heteroatoms. The lowest BCUT2D eigenvalue weighted by Gasteiger charge is -2.07. The number of ether oxygens (including phenoxy) is 2. The van der Waals surface area contributed by atoms with Crippen molar-refractivity contribution in [3.8, 4) is 11.5 Å². The molecule has 2 aromatic rings. The van der Waals surface area contributed by atoms with Crippen LogP contribution in [-0.2, 0) is 22.4 Å². The van der Waals surface area contributed by atoms with Crippen LogP contribution in [0.1, 0.15) is 11.1 Å². The average Bonchev–Trinajstić information content (AvgIpc) is 2.89. The van der Waals surface area contributed by atoms with E-state index in [0.29, 0.717) is 24.3 Å². The van der Waals surface area contributed by atoms with Crippen molar-refractivity contribution >= 4 is 22.7 Å². The van der Waals surface area contributed by atoms with Crippen molar-refractivity contribution in [2.75, 3.05) is 0 Å². The Morgan fingerprint density at radius 2 is 1.17 bits per heavy atom. The molecule has 4 nitrogen and oxygen atoms in total. The Labute approximate surface area is 102 Å². The van der Waals surface area contributed by atoms with E-state index >= 15 is 0 Å². The van der Waals surface area contributed by atoms with Crippen LogP contribution in [0.4, 0.5) is 0 Å². The zero-order valence-electron chi connectivity index (χ0n) is 9.36. The fourth-order valence-electron chi connectivity index (χ4n) is 2.57. The minimum Gasteiger partial charge on any atom is -0.425 e. The predicted octanol–water partition coefficient (Wildman–Crippen LogP) is 1.76. The van der Waals surface area contributed by atoms with E-state index in [-0.39, 0.29) is 11.9 Å². The molecule has 0 unspecified atom stereocenters. The molecule has 88 valence electrons. The first-order chi connectivity index (χ1) is 8.72. The number of rotatable bonds is 0. The van der Waals surface area contributed by atoms with Crippen LogP contribution in [0.15, 0.2) is 24.3 Å². The van der Waals surface area contributed by atoms with Gasteiger partial charge in [-0.1, -0.05) is 24.3 Å². The van der Waals surface area contributed by atoms with Crippen molar-refractivity contribution in [3.05, 3.63) is 35.4 Å². The van der Waals surface area contributed by atoms with Crippen molar-refractivity contribution in [2.45, 2.75) is 12.8 Å². The number of esters is 2. The van der Waals surface area contributed by atoms with Crippen molar-refractivity contribution < 1.29 is 19.1 Å². The van der Waals surface area contributed by atoms with Crippen LogP contribution in [0.3, 0.4) is 0 Å². The second-order valence-electron chi connectivity index (χ2n) is 4.50. The molecule has 0 spiro atoms. The van der Waals surface area contributed by atoms with Crippen molar-refractivity contribution in [2.24, 2.45) is 0 Å². The lowest BCUT2D eigenvalue weighted by molar-refractivity contribution is -0.132. The van der Waals surface area contributed by atoms with E-state index in [9.17, 15) is 9.59 Å². The molecule has 18 heavy (non-hydrogen) atoms. The van der Waals surface area contributed by atoms with Crippen LogP contribution in [0.5, 0.6) is 11.5 Å². The monoisotopic (exact) mass is 240 g/mol. The molecule has 0 saturated heterocycles. The lowest BCUT2D eigenvalue weighted by atomic mass is 10.0. The van der Waals surface area contributed by atoms with Crippen molar-refractivity contribution in [1.29, 1.82) is 0 Å². The van der Waals surface area contributed by atoms with E-state index in [1.807, 2.05) is 24.3 Å². The summed E-state index contributed by atoms with van der Waals surface area (Å²) in [4.78, 5) is 22.6. The van der Waals surface area contributed by atoms with Gasteiger partial charge in [-0.15, -0.1) is 0 Å². The van der Waals surface area contributed by atoms with Gasteiger partial charge >= 0.3 is 11.9 Å². The molecule has 0 bridgehead atoms. The molecule has 0 saturated carbocycles.